The first kappa shape index (κ1) is 18.8. The molecule has 4 atom stereocenters. The van der Waals surface area contributed by atoms with Gasteiger partial charge >= 0.3 is 5.97 Å². The van der Waals surface area contributed by atoms with Crippen LogP contribution in [0.2, 0.25) is 0 Å². The summed E-state index contributed by atoms with van der Waals surface area (Å²) in [6.07, 6.45) is -1.70. The van der Waals surface area contributed by atoms with E-state index in [1.165, 1.54) is 13.8 Å². The quantitative estimate of drug-likeness (QED) is 0.270. The number of aliphatic carboxylic acids is 1. The van der Waals surface area contributed by atoms with Gasteiger partial charge in [-0.1, -0.05) is 0 Å². The van der Waals surface area contributed by atoms with Crippen molar-refractivity contribution < 1.29 is 29.4 Å². The van der Waals surface area contributed by atoms with Crippen molar-refractivity contribution in [2.45, 2.75) is 44.5 Å². The zero-order valence-corrected chi connectivity index (χ0v) is 11.7. The van der Waals surface area contributed by atoms with Gasteiger partial charge in [0.15, 0.2) is 0 Å². The average molecular weight is 304 g/mol. The van der Waals surface area contributed by atoms with Crippen LogP contribution in [0.5, 0.6) is 0 Å². The van der Waals surface area contributed by atoms with Gasteiger partial charge in [-0.25, -0.2) is 0 Å². The first-order valence-corrected chi connectivity index (χ1v) is 6.11. The second-order valence-electron chi connectivity index (χ2n) is 4.57. The summed E-state index contributed by atoms with van der Waals surface area (Å²) in [5, 5.41) is 22.1. The molecule has 0 aliphatic carbocycles. The van der Waals surface area contributed by atoms with Crippen LogP contribution in [0.4, 0.5) is 0 Å². The molecule has 0 bridgehead atoms. The summed E-state index contributed by atoms with van der Waals surface area (Å²) in [4.78, 5) is 45.0. The van der Waals surface area contributed by atoms with Crippen molar-refractivity contribution in [3.8, 4) is 0 Å². The third kappa shape index (κ3) is 6.68. The molecule has 10 nitrogen and oxygen atoms in total. The van der Waals surface area contributed by atoms with Crippen LogP contribution in [0.15, 0.2) is 0 Å². The number of carbonyl (C=O) groups excluding carboxylic acids is 3. The van der Waals surface area contributed by atoms with Crippen LogP contribution in [0.25, 0.3) is 0 Å². The zero-order chi connectivity index (χ0) is 16.7. The van der Waals surface area contributed by atoms with Crippen LogP contribution >= 0.6 is 0 Å². The minimum absolute atomic E-state index is 0.531. The summed E-state index contributed by atoms with van der Waals surface area (Å²) < 4.78 is 0. The van der Waals surface area contributed by atoms with E-state index in [0.29, 0.717) is 0 Å². The van der Waals surface area contributed by atoms with Crippen molar-refractivity contribution in [2.24, 2.45) is 11.5 Å². The number of carbonyl (C=O) groups is 4. The Balaban J connectivity index is 4.87. The van der Waals surface area contributed by atoms with E-state index >= 15 is 0 Å². The standard InChI is InChI=1S/C11H20N4O6/c1-4(11(20)21)14-9(18)6(3-7(12)17)15-10(19)8(13)5(2)16/h4-6,8,16H,3,13H2,1-2H3,(H2,12,17)(H,14,18)(H,15,19)(H,20,21). The van der Waals surface area contributed by atoms with Gasteiger partial charge in [0.2, 0.25) is 17.7 Å². The summed E-state index contributed by atoms with van der Waals surface area (Å²) in [6.45, 7) is 2.49. The fraction of sp³-hybridized carbons (Fsp3) is 0.636. The topological polar surface area (TPSA) is 185 Å². The molecule has 3 amide bonds. The van der Waals surface area contributed by atoms with E-state index in [9.17, 15) is 24.3 Å². The smallest absolute Gasteiger partial charge is 0.325 e. The van der Waals surface area contributed by atoms with Crippen LogP contribution in [-0.4, -0.2) is 58.1 Å². The number of primary amides is 1. The molecule has 0 aromatic carbocycles. The van der Waals surface area contributed by atoms with Crippen molar-refractivity contribution >= 4 is 23.7 Å². The molecule has 8 N–H and O–H groups in total. The molecular formula is C11H20N4O6. The van der Waals surface area contributed by atoms with E-state index in [1.807, 2.05) is 0 Å². The van der Waals surface area contributed by atoms with Gasteiger partial charge in [0.1, 0.15) is 18.1 Å². The third-order valence-corrected chi connectivity index (χ3v) is 2.59. The molecule has 0 aliphatic heterocycles. The van der Waals surface area contributed by atoms with E-state index in [-0.39, 0.29) is 0 Å². The predicted molar refractivity (Wildman–Crippen MR) is 70.6 cm³/mol. The van der Waals surface area contributed by atoms with Gasteiger partial charge in [-0.3, -0.25) is 19.2 Å². The summed E-state index contributed by atoms with van der Waals surface area (Å²) in [5.41, 5.74) is 10.4. The molecule has 21 heavy (non-hydrogen) atoms. The Morgan fingerprint density at radius 3 is 2.00 bits per heavy atom. The van der Waals surface area contributed by atoms with Crippen molar-refractivity contribution in [1.29, 1.82) is 0 Å². The fourth-order valence-corrected chi connectivity index (χ4v) is 1.27. The molecule has 0 heterocycles. The second kappa shape index (κ2) is 8.17. The van der Waals surface area contributed by atoms with Gasteiger partial charge in [-0.2, -0.15) is 0 Å². The molecule has 0 aromatic rings. The van der Waals surface area contributed by atoms with E-state index < -0.39 is 54.3 Å². The number of aliphatic hydroxyl groups is 1. The molecule has 4 unspecified atom stereocenters. The van der Waals surface area contributed by atoms with Gasteiger partial charge in [0, 0.05) is 0 Å². The van der Waals surface area contributed by atoms with Crippen LogP contribution in [0.3, 0.4) is 0 Å². The summed E-state index contributed by atoms with van der Waals surface area (Å²) >= 11 is 0. The molecular weight excluding hydrogens is 284 g/mol. The van der Waals surface area contributed by atoms with Crippen molar-refractivity contribution in [1.82, 2.24) is 10.6 Å². The molecule has 0 radical (unpaired) electrons. The number of rotatable bonds is 8. The van der Waals surface area contributed by atoms with Crippen molar-refractivity contribution in [2.75, 3.05) is 0 Å². The lowest BCUT2D eigenvalue weighted by molar-refractivity contribution is -0.141. The van der Waals surface area contributed by atoms with Crippen LogP contribution < -0.4 is 22.1 Å². The van der Waals surface area contributed by atoms with Crippen LogP contribution in [0, 0.1) is 0 Å². The Labute approximate surface area is 120 Å². The summed E-state index contributed by atoms with van der Waals surface area (Å²) in [6, 6.07) is -3.89. The lowest BCUT2D eigenvalue weighted by atomic mass is 10.1. The fourth-order valence-electron chi connectivity index (χ4n) is 1.27. The summed E-state index contributed by atoms with van der Waals surface area (Å²) in [5.74, 6) is -3.92. The van der Waals surface area contributed by atoms with Gasteiger partial charge in [-0.15, -0.1) is 0 Å². The minimum Gasteiger partial charge on any atom is -0.480 e. The van der Waals surface area contributed by atoms with Gasteiger partial charge in [0.25, 0.3) is 0 Å². The number of nitrogens with one attached hydrogen (secondary N) is 2. The molecule has 0 aliphatic rings. The van der Waals surface area contributed by atoms with Crippen molar-refractivity contribution in [3.63, 3.8) is 0 Å². The maximum atomic E-state index is 11.8. The van der Waals surface area contributed by atoms with E-state index in [2.05, 4.69) is 10.6 Å². The number of aliphatic hydroxyl groups excluding tert-OH is 1. The minimum atomic E-state index is -1.37. The van der Waals surface area contributed by atoms with E-state index in [4.69, 9.17) is 16.6 Å². The van der Waals surface area contributed by atoms with E-state index in [1.54, 1.807) is 0 Å². The number of carboxylic acids is 1. The average Bonchev–Trinajstić information content (AvgIpc) is 2.35. The second-order valence-corrected chi connectivity index (χ2v) is 4.57. The monoisotopic (exact) mass is 304 g/mol. The Hall–Kier alpha value is -2.20. The molecule has 0 spiro atoms. The maximum absolute atomic E-state index is 11.8. The molecule has 0 saturated heterocycles. The number of nitrogens with two attached hydrogens (primary N) is 2. The van der Waals surface area contributed by atoms with Gasteiger partial charge < -0.3 is 32.3 Å². The lowest BCUT2D eigenvalue weighted by Gasteiger charge is -2.21. The van der Waals surface area contributed by atoms with Gasteiger partial charge in [0.05, 0.1) is 12.5 Å². The summed E-state index contributed by atoms with van der Waals surface area (Å²) in [7, 11) is 0. The Kier molecular flexibility index (Phi) is 7.31. The number of hydrogen-bond donors (Lipinski definition) is 6. The highest BCUT2D eigenvalue weighted by Gasteiger charge is 2.28. The number of amides is 3. The first-order chi connectivity index (χ1) is 9.56. The van der Waals surface area contributed by atoms with Gasteiger partial charge in [-0.05, 0) is 13.8 Å². The number of carboxylic acid groups (broad SMARTS) is 1. The Morgan fingerprint density at radius 1 is 1.10 bits per heavy atom. The van der Waals surface area contributed by atoms with Crippen LogP contribution in [0.1, 0.15) is 20.3 Å². The first-order valence-electron chi connectivity index (χ1n) is 6.11. The van der Waals surface area contributed by atoms with Crippen LogP contribution in [-0.2, 0) is 19.2 Å². The third-order valence-electron chi connectivity index (χ3n) is 2.59. The Morgan fingerprint density at radius 2 is 1.62 bits per heavy atom. The van der Waals surface area contributed by atoms with E-state index in [0.717, 1.165) is 0 Å². The molecule has 0 aromatic heterocycles. The maximum Gasteiger partial charge on any atom is 0.325 e. The highest BCUT2D eigenvalue weighted by Crippen LogP contribution is 1.97. The largest absolute Gasteiger partial charge is 0.480 e. The molecule has 0 fully saturated rings. The molecule has 0 rings (SSSR count). The highest BCUT2D eigenvalue weighted by atomic mass is 16.4. The Bertz CT molecular complexity index is 425. The number of hydrogen-bond acceptors (Lipinski definition) is 6. The van der Waals surface area contributed by atoms with Crippen molar-refractivity contribution in [3.05, 3.63) is 0 Å². The predicted octanol–water partition coefficient (Wildman–Crippen LogP) is -3.36. The lowest BCUT2D eigenvalue weighted by Crippen LogP contribution is -2.56. The SMILES string of the molecule is CC(NC(=O)C(CC(N)=O)NC(=O)C(N)C(C)O)C(=O)O. The molecule has 120 valence electrons. The molecule has 0 saturated carbocycles. The molecule has 10 heteroatoms. The highest BCUT2D eigenvalue weighted by molar-refractivity contribution is 5.94. The normalized spacial score (nSPS) is 16.2. The zero-order valence-electron chi connectivity index (χ0n) is 11.7.